The molecule has 0 fully saturated rings. The van der Waals surface area contributed by atoms with Gasteiger partial charge in [0.2, 0.25) is 0 Å². The zero-order valence-corrected chi connectivity index (χ0v) is 12.4. The van der Waals surface area contributed by atoms with Crippen LogP contribution in [-0.2, 0) is 6.42 Å². The molecule has 2 nitrogen and oxygen atoms in total. The maximum Gasteiger partial charge on any atom is 0.0112 e. The number of nitrogens with zero attached hydrogens (tertiary/aromatic N) is 2. The molecular formula is C16H28N2. The second kappa shape index (κ2) is 8.28. The lowest BCUT2D eigenvalue weighted by Gasteiger charge is -2.29. The molecule has 0 amide bonds. The van der Waals surface area contributed by atoms with Gasteiger partial charge in [0.15, 0.2) is 0 Å². The van der Waals surface area contributed by atoms with Crippen molar-refractivity contribution in [3.63, 3.8) is 0 Å². The van der Waals surface area contributed by atoms with Gasteiger partial charge >= 0.3 is 0 Å². The summed E-state index contributed by atoms with van der Waals surface area (Å²) < 4.78 is 0. The van der Waals surface area contributed by atoms with E-state index in [0.29, 0.717) is 6.04 Å². The summed E-state index contributed by atoms with van der Waals surface area (Å²) in [7, 11) is 4.28. The molecule has 2 heteroatoms. The Labute approximate surface area is 113 Å². The lowest BCUT2D eigenvalue weighted by Crippen LogP contribution is -2.38. The van der Waals surface area contributed by atoms with Gasteiger partial charge in [0.05, 0.1) is 0 Å². The van der Waals surface area contributed by atoms with Crippen LogP contribution < -0.4 is 0 Å². The minimum absolute atomic E-state index is 0.662. The Morgan fingerprint density at radius 2 is 1.72 bits per heavy atom. The third-order valence-corrected chi connectivity index (χ3v) is 3.56. The summed E-state index contributed by atoms with van der Waals surface area (Å²) in [6.45, 7) is 8.06. The molecule has 0 heterocycles. The van der Waals surface area contributed by atoms with Gasteiger partial charge in [-0.2, -0.15) is 0 Å². The van der Waals surface area contributed by atoms with Crippen molar-refractivity contribution in [3.8, 4) is 0 Å². The predicted molar refractivity (Wildman–Crippen MR) is 80.0 cm³/mol. The van der Waals surface area contributed by atoms with E-state index in [4.69, 9.17) is 0 Å². The quantitative estimate of drug-likeness (QED) is 0.698. The van der Waals surface area contributed by atoms with Crippen molar-refractivity contribution >= 4 is 0 Å². The van der Waals surface area contributed by atoms with E-state index in [-0.39, 0.29) is 0 Å². The van der Waals surface area contributed by atoms with Crippen LogP contribution in [0.1, 0.15) is 25.8 Å². The lowest BCUT2D eigenvalue weighted by molar-refractivity contribution is 0.190. The van der Waals surface area contributed by atoms with Crippen LogP contribution in [0.3, 0.4) is 0 Å². The van der Waals surface area contributed by atoms with Crippen molar-refractivity contribution < 1.29 is 0 Å². The minimum Gasteiger partial charge on any atom is -0.308 e. The van der Waals surface area contributed by atoms with Gasteiger partial charge < -0.3 is 4.90 Å². The second-order valence-corrected chi connectivity index (χ2v) is 5.31. The molecule has 1 atom stereocenters. The summed E-state index contributed by atoms with van der Waals surface area (Å²) in [4.78, 5) is 4.83. The van der Waals surface area contributed by atoms with Crippen LogP contribution in [0.4, 0.5) is 0 Å². The third kappa shape index (κ3) is 5.65. The van der Waals surface area contributed by atoms with Crippen molar-refractivity contribution in [2.75, 3.05) is 33.7 Å². The maximum atomic E-state index is 2.57. The van der Waals surface area contributed by atoms with E-state index in [9.17, 15) is 0 Å². The maximum absolute atomic E-state index is 2.57. The highest BCUT2D eigenvalue weighted by Crippen LogP contribution is 2.09. The monoisotopic (exact) mass is 248 g/mol. The Kier molecular flexibility index (Phi) is 6.99. The first-order valence-electron chi connectivity index (χ1n) is 7.06. The molecule has 0 spiro atoms. The number of hydrogen-bond donors (Lipinski definition) is 0. The van der Waals surface area contributed by atoms with E-state index in [1.807, 2.05) is 0 Å². The normalized spacial score (nSPS) is 13.2. The first-order valence-corrected chi connectivity index (χ1v) is 7.06. The Balaban J connectivity index is 2.35. The van der Waals surface area contributed by atoms with Crippen LogP contribution in [-0.4, -0.2) is 49.6 Å². The number of rotatable bonds is 8. The standard InChI is InChI=1S/C16H28N2/c1-5-18(14-13-17(3)4)15(2)11-12-16-9-7-6-8-10-16/h6-10,15H,5,11-14H2,1-4H3. The average Bonchev–Trinajstić information content (AvgIpc) is 2.38. The fraction of sp³-hybridized carbons (Fsp3) is 0.625. The van der Waals surface area contributed by atoms with Gasteiger partial charge in [-0.15, -0.1) is 0 Å². The van der Waals surface area contributed by atoms with Crippen LogP contribution in [0, 0.1) is 0 Å². The van der Waals surface area contributed by atoms with E-state index in [0.717, 1.165) is 13.1 Å². The smallest absolute Gasteiger partial charge is 0.0112 e. The highest BCUT2D eigenvalue weighted by atomic mass is 15.2. The molecule has 0 aliphatic rings. The Morgan fingerprint density at radius 3 is 2.28 bits per heavy atom. The van der Waals surface area contributed by atoms with Gasteiger partial charge in [-0.05, 0) is 46.0 Å². The van der Waals surface area contributed by atoms with Gasteiger partial charge in [-0.3, -0.25) is 4.90 Å². The third-order valence-electron chi connectivity index (χ3n) is 3.56. The van der Waals surface area contributed by atoms with Crippen LogP contribution in [0.15, 0.2) is 30.3 Å². The molecule has 18 heavy (non-hydrogen) atoms. The van der Waals surface area contributed by atoms with Crippen molar-refractivity contribution in [2.45, 2.75) is 32.7 Å². The topological polar surface area (TPSA) is 6.48 Å². The molecule has 1 aromatic rings. The lowest BCUT2D eigenvalue weighted by atomic mass is 10.1. The molecule has 0 aliphatic carbocycles. The van der Waals surface area contributed by atoms with Gasteiger partial charge in [0.25, 0.3) is 0 Å². The van der Waals surface area contributed by atoms with Gasteiger partial charge in [0.1, 0.15) is 0 Å². The Bertz CT molecular complexity index is 308. The van der Waals surface area contributed by atoms with Crippen molar-refractivity contribution in [1.82, 2.24) is 9.80 Å². The molecule has 0 saturated carbocycles. The largest absolute Gasteiger partial charge is 0.308 e. The summed E-state index contributed by atoms with van der Waals surface area (Å²) in [5.41, 5.74) is 1.45. The van der Waals surface area contributed by atoms with E-state index in [1.165, 1.54) is 24.9 Å². The zero-order chi connectivity index (χ0) is 13.4. The molecular weight excluding hydrogens is 220 g/mol. The van der Waals surface area contributed by atoms with Gasteiger partial charge in [-0.25, -0.2) is 0 Å². The predicted octanol–water partition coefficient (Wildman–Crippen LogP) is 2.89. The fourth-order valence-corrected chi connectivity index (χ4v) is 2.22. The molecule has 1 rings (SSSR count). The second-order valence-electron chi connectivity index (χ2n) is 5.31. The summed E-state index contributed by atoms with van der Waals surface area (Å²) >= 11 is 0. The molecule has 0 saturated heterocycles. The summed E-state index contributed by atoms with van der Waals surface area (Å²) in [6.07, 6.45) is 2.42. The molecule has 0 aliphatic heterocycles. The summed E-state index contributed by atoms with van der Waals surface area (Å²) in [5, 5.41) is 0. The van der Waals surface area contributed by atoms with E-state index in [1.54, 1.807) is 0 Å². The highest BCUT2D eigenvalue weighted by Gasteiger charge is 2.11. The first-order chi connectivity index (χ1) is 8.63. The fourth-order valence-electron chi connectivity index (χ4n) is 2.22. The first kappa shape index (κ1) is 15.2. The van der Waals surface area contributed by atoms with Crippen molar-refractivity contribution in [2.24, 2.45) is 0 Å². The summed E-state index contributed by atoms with van der Waals surface area (Å²) in [6, 6.07) is 11.5. The number of benzene rings is 1. The zero-order valence-electron chi connectivity index (χ0n) is 12.4. The van der Waals surface area contributed by atoms with Crippen molar-refractivity contribution in [3.05, 3.63) is 35.9 Å². The van der Waals surface area contributed by atoms with Crippen LogP contribution in [0.25, 0.3) is 0 Å². The molecule has 1 unspecified atom stereocenters. The van der Waals surface area contributed by atoms with Crippen LogP contribution in [0.5, 0.6) is 0 Å². The molecule has 1 aromatic carbocycles. The minimum atomic E-state index is 0.662. The van der Waals surface area contributed by atoms with Gasteiger partial charge in [-0.1, -0.05) is 37.3 Å². The average molecular weight is 248 g/mol. The highest BCUT2D eigenvalue weighted by molar-refractivity contribution is 5.14. The molecule has 0 radical (unpaired) electrons. The number of hydrogen-bond acceptors (Lipinski definition) is 2. The number of likely N-dealkylation sites (N-methyl/N-ethyl adjacent to an activating group) is 2. The van der Waals surface area contributed by atoms with Crippen LogP contribution in [0.2, 0.25) is 0 Å². The summed E-state index contributed by atoms with van der Waals surface area (Å²) in [5.74, 6) is 0. The molecule has 102 valence electrons. The molecule has 0 N–H and O–H groups in total. The Hall–Kier alpha value is -0.860. The molecule has 0 aromatic heterocycles. The number of aryl methyl sites for hydroxylation is 1. The van der Waals surface area contributed by atoms with E-state index < -0.39 is 0 Å². The van der Waals surface area contributed by atoms with E-state index in [2.05, 4.69) is 68.1 Å². The Morgan fingerprint density at radius 1 is 1.06 bits per heavy atom. The van der Waals surface area contributed by atoms with Crippen LogP contribution >= 0.6 is 0 Å². The van der Waals surface area contributed by atoms with Crippen molar-refractivity contribution in [1.29, 1.82) is 0 Å². The SMILES string of the molecule is CCN(CCN(C)C)C(C)CCc1ccccc1. The van der Waals surface area contributed by atoms with E-state index >= 15 is 0 Å². The van der Waals surface area contributed by atoms with Gasteiger partial charge in [0, 0.05) is 19.1 Å². The molecule has 0 bridgehead atoms.